The Bertz CT molecular complexity index is 690. The van der Waals surface area contributed by atoms with Gasteiger partial charge >= 0.3 is 0 Å². The lowest BCUT2D eigenvalue weighted by atomic mass is 10.1. The van der Waals surface area contributed by atoms with Crippen molar-refractivity contribution in [1.29, 1.82) is 0 Å². The van der Waals surface area contributed by atoms with E-state index < -0.39 is 0 Å². The average molecular weight is 249 g/mol. The van der Waals surface area contributed by atoms with Crippen LogP contribution in [0, 0.1) is 0 Å². The number of aromatic nitrogens is 3. The maximum atomic E-state index is 12.2. The van der Waals surface area contributed by atoms with Crippen molar-refractivity contribution in [2.75, 3.05) is 0 Å². The van der Waals surface area contributed by atoms with E-state index >= 15 is 0 Å². The van der Waals surface area contributed by atoms with Crippen molar-refractivity contribution in [1.82, 2.24) is 15.0 Å². The molecule has 0 spiro atoms. The van der Waals surface area contributed by atoms with Crippen LogP contribution in [0.3, 0.4) is 0 Å². The largest absolute Gasteiger partial charge is 0.287 e. The van der Waals surface area contributed by atoms with Gasteiger partial charge in [0.2, 0.25) is 5.78 Å². The van der Waals surface area contributed by atoms with Crippen molar-refractivity contribution in [3.05, 3.63) is 78.1 Å². The van der Waals surface area contributed by atoms with Gasteiger partial charge < -0.3 is 0 Å². The van der Waals surface area contributed by atoms with E-state index in [1.807, 2.05) is 48.5 Å². The van der Waals surface area contributed by atoms with E-state index in [2.05, 4.69) is 10.2 Å². The van der Waals surface area contributed by atoms with Crippen molar-refractivity contribution in [2.45, 2.75) is 0 Å². The van der Waals surface area contributed by atoms with E-state index in [9.17, 15) is 4.79 Å². The summed E-state index contributed by atoms with van der Waals surface area (Å²) in [5.74, 6) is -0.122. The molecular formula is C15H11N3O. The second-order valence-corrected chi connectivity index (χ2v) is 4.05. The molecule has 4 nitrogen and oxygen atoms in total. The Morgan fingerprint density at radius 2 is 1.53 bits per heavy atom. The second-order valence-electron chi connectivity index (χ2n) is 4.05. The van der Waals surface area contributed by atoms with E-state index in [0.29, 0.717) is 11.3 Å². The number of hydrogen-bond acceptors (Lipinski definition) is 3. The number of benzene rings is 2. The zero-order valence-electron chi connectivity index (χ0n) is 10.1. The summed E-state index contributed by atoms with van der Waals surface area (Å²) in [7, 11) is 0. The molecule has 4 heteroatoms. The lowest BCUT2D eigenvalue weighted by molar-refractivity contribution is 0.103. The molecule has 0 unspecified atom stereocenters. The second kappa shape index (κ2) is 4.86. The standard InChI is InChI=1S/C15H11N3O/c19-15(12-7-3-1-4-8-12)14-11-16-18(17-14)13-9-5-2-6-10-13/h1-11H. The first kappa shape index (κ1) is 11.3. The number of hydrogen-bond donors (Lipinski definition) is 0. The Kier molecular flexibility index (Phi) is 2.90. The average Bonchev–Trinajstić information content (AvgIpc) is 2.98. The maximum absolute atomic E-state index is 12.2. The highest BCUT2D eigenvalue weighted by molar-refractivity contribution is 6.07. The van der Waals surface area contributed by atoms with E-state index in [1.54, 1.807) is 12.1 Å². The van der Waals surface area contributed by atoms with Gasteiger partial charge in [0.15, 0.2) is 5.69 Å². The number of nitrogens with zero attached hydrogens (tertiary/aromatic N) is 3. The minimum Gasteiger partial charge on any atom is -0.287 e. The zero-order chi connectivity index (χ0) is 13.1. The van der Waals surface area contributed by atoms with Crippen LogP contribution >= 0.6 is 0 Å². The molecule has 1 aromatic heterocycles. The molecule has 0 saturated heterocycles. The van der Waals surface area contributed by atoms with Crippen LogP contribution in [0.4, 0.5) is 0 Å². The molecule has 0 atom stereocenters. The van der Waals surface area contributed by atoms with Crippen molar-refractivity contribution in [2.24, 2.45) is 0 Å². The van der Waals surface area contributed by atoms with Gasteiger partial charge in [-0.1, -0.05) is 48.5 Å². The third kappa shape index (κ3) is 2.28. The monoisotopic (exact) mass is 249 g/mol. The predicted molar refractivity (Wildman–Crippen MR) is 71.2 cm³/mol. The smallest absolute Gasteiger partial charge is 0.214 e. The van der Waals surface area contributed by atoms with Crippen molar-refractivity contribution >= 4 is 5.78 Å². The first-order valence-corrected chi connectivity index (χ1v) is 5.92. The summed E-state index contributed by atoms with van der Waals surface area (Å²) in [6, 6.07) is 18.6. The van der Waals surface area contributed by atoms with Gasteiger partial charge in [0, 0.05) is 5.56 Å². The molecule has 2 aromatic carbocycles. The summed E-state index contributed by atoms with van der Waals surface area (Å²) in [5.41, 5.74) is 1.78. The summed E-state index contributed by atoms with van der Waals surface area (Å²) >= 11 is 0. The Hall–Kier alpha value is -2.75. The third-order valence-electron chi connectivity index (χ3n) is 2.75. The van der Waals surface area contributed by atoms with Gasteiger partial charge in [0.05, 0.1) is 11.9 Å². The highest BCUT2D eigenvalue weighted by Crippen LogP contribution is 2.09. The molecule has 3 rings (SSSR count). The predicted octanol–water partition coefficient (Wildman–Crippen LogP) is 2.50. The van der Waals surface area contributed by atoms with E-state index in [-0.39, 0.29) is 5.78 Å². The maximum Gasteiger partial charge on any atom is 0.214 e. The number of ketones is 1. The molecule has 0 aliphatic heterocycles. The molecule has 0 saturated carbocycles. The first-order valence-electron chi connectivity index (χ1n) is 5.92. The van der Waals surface area contributed by atoms with Crippen molar-refractivity contribution < 1.29 is 4.79 Å². The highest BCUT2D eigenvalue weighted by atomic mass is 16.1. The number of carbonyl (C=O) groups excluding carboxylic acids is 1. The van der Waals surface area contributed by atoms with Crippen LogP contribution in [-0.4, -0.2) is 20.8 Å². The summed E-state index contributed by atoms with van der Waals surface area (Å²) in [4.78, 5) is 13.6. The van der Waals surface area contributed by atoms with Crippen LogP contribution < -0.4 is 0 Å². The fourth-order valence-electron chi connectivity index (χ4n) is 1.79. The molecule has 0 radical (unpaired) electrons. The quantitative estimate of drug-likeness (QED) is 0.670. The zero-order valence-corrected chi connectivity index (χ0v) is 10.1. The normalized spacial score (nSPS) is 10.3. The fourth-order valence-corrected chi connectivity index (χ4v) is 1.79. The van der Waals surface area contributed by atoms with Crippen molar-refractivity contribution in [3.63, 3.8) is 0 Å². The van der Waals surface area contributed by atoms with Gasteiger partial charge in [-0.15, -0.1) is 5.10 Å². The number of rotatable bonds is 3. The SMILES string of the molecule is O=C(c1ccccc1)c1cnn(-c2ccccc2)n1. The number of para-hydroxylation sites is 1. The van der Waals surface area contributed by atoms with Gasteiger partial charge in [0.1, 0.15) is 0 Å². The molecule has 0 aliphatic rings. The Morgan fingerprint density at radius 1 is 0.895 bits per heavy atom. The molecule has 1 heterocycles. The van der Waals surface area contributed by atoms with Gasteiger partial charge in [-0.25, -0.2) is 0 Å². The molecular weight excluding hydrogens is 238 g/mol. The van der Waals surface area contributed by atoms with Crippen LogP contribution in [-0.2, 0) is 0 Å². The van der Waals surface area contributed by atoms with Gasteiger partial charge in [-0.3, -0.25) is 4.79 Å². The van der Waals surface area contributed by atoms with E-state index in [0.717, 1.165) is 5.69 Å². The molecule has 0 fully saturated rings. The lowest BCUT2D eigenvalue weighted by Crippen LogP contribution is -2.04. The number of carbonyl (C=O) groups is 1. The summed E-state index contributed by atoms with van der Waals surface area (Å²) in [5, 5.41) is 8.33. The molecule has 0 bridgehead atoms. The van der Waals surface area contributed by atoms with Gasteiger partial charge in [-0.05, 0) is 12.1 Å². The van der Waals surface area contributed by atoms with Crippen LogP contribution in [0.5, 0.6) is 0 Å². The minimum atomic E-state index is -0.122. The highest BCUT2D eigenvalue weighted by Gasteiger charge is 2.13. The molecule has 0 amide bonds. The fraction of sp³-hybridized carbons (Fsp3) is 0. The Morgan fingerprint density at radius 3 is 2.21 bits per heavy atom. The molecule has 92 valence electrons. The van der Waals surface area contributed by atoms with Crippen LogP contribution in [0.15, 0.2) is 66.9 Å². The third-order valence-corrected chi connectivity index (χ3v) is 2.75. The summed E-state index contributed by atoms with van der Waals surface area (Å²) < 4.78 is 0. The van der Waals surface area contributed by atoms with E-state index in [1.165, 1.54) is 11.0 Å². The summed E-state index contributed by atoms with van der Waals surface area (Å²) in [6.07, 6.45) is 1.49. The minimum absolute atomic E-state index is 0.122. The lowest BCUT2D eigenvalue weighted by Gasteiger charge is -1.98. The van der Waals surface area contributed by atoms with E-state index in [4.69, 9.17) is 0 Å². The topological polar surface area (TPSA) is 47.8 Å². The van der Waals surface area contributed by atoms with Crippen LogP contribution in [0.1, 0.15) is 16.1 Å². The Labute approximate surface area is 110 Å². The van der Waals surface area contributed by atoms with Gasteiger partial charge in [0.25, 0.3) is 0 Å². The first-order chi connectivity index (χ1) is 9.34. The summed E-state index contributed by atoms with van der Waals surface area (Å²) in [6.45, 7) is 0. The molecule has 19 heavy (non-hydrogen) atoms. The molecule has 3 aromatic rings. The van der Waals surface area contributed by atoms with Gasteiger partial charge in [-0.2, -0.15) is 9.90 Å². The van der Waals surface area contributed by atoms with Crippen LogP contribution in [0.25, 0.3) is 5.69 Å². The van der Waals surface area contributed by atoms with Crippen molar-refractivity contribution in [3.8, 4) is 5.69 Å². The molecule has 0 N–H and O–H groups in total. The Balaban J connectivity index is 1.92. The molecule has 0 aliphatic carbocycles. The van der Waals surface area contributed by atoms with Crippen LogP contribution in [0.2, 0.25) is 0 Å².